The van der Waals surface area contributed by atoms with Crippen molar-refractivity contribution < 1.29 is 13.2 Å². The van der Waals surface area contributed by atoms with Gasteiger partial charge in [0.05, 0.1) is 5.52 Å². The van der Waals surface area contributed by atoms with Crippen LogP contribution in [0.15, 0.2) is 54.6 Å². The monoisotopic (exact) mass is 521 g/mol. The number of aryl methyl sites for hydroxylation is 1. The van der Waals surface area contributed by atoms with E-state index in [0.717, 1.165) is 79.9 Å². The summed E-state index contributed by atoms with van der Waals surface area (Å²) in [7, 11) is -3.10. The van der Waals surface area contributed by atoms with Gasteiger partial charge in [-0.15, -0.1) is 0 Å². The smallest absolute Gasteiger partial charge is 0.168 e. The molecule has 0 N–H and O–H groups in total. The average Bonchev–Trinajstić information content (AvgIpc) is 2.89. The summed E-state index contributed by atoms with van der Waals surface area (Å²) in [6.45, 7) is 6.61. The predicted octanol–water partition coefficient (Wildman–Crippen LogP) is 5.24. The zero-order valence-corrected chi connectivity index (χ0v) is 22.9. The van der Waals surface area contributed by atoms with Crippen LogP contribution in [0, 0.1) is 12.8 Å². The molecule has 1 unspecified atom stereocenters. The van der Waals surface area contributed by atoms with Crippen molar-refractivity contribution in [2.45, 2.75) is 50.8 Å². The fourth-order valence-corrected chi connectivity index (χ4v) is 7.17. The van der Waals surface area contributed by atoms with Crippen molar-refractivity contribution in [3.63, 3.8) is 0 Å². The van der Waals surface area contributed by atoms with Crippen molar-refractivity contribution in [1.82, 2.24) is 9.88 Å². The maximum absolute atomic E-state index is 12.4. The van der Waals surface area contributed by atoms with Gasteiger partial charge in [0.2, 0.25) is 0 Å². The molecule has 2 aliphatic rings. The molecule has 2 fully saturated rings. The second-order valence-corrected chi connectivity index (χ2v) is 13.0. The lowest BCUT2D eigenvalue weighted by molar-refractivity contribution is 0.155. The van der Waals surface area contributed by atoms with Crippen molar-refractivity contribution in [3.05, 3.63) is 65.9 Å². The van der Waals surface area contributed by atoms with Crippen molar-refractivity contribution in [2.75, 3.05) is 43.9 Å². The van der Waals surface area contributed by atoms with Gasteiger partial charge in [-0.25, -0.2) is 8.42 Å². The van der Waals surface area contributed by atoms with Gasteiger partial charge in [-0.1, -0.05) is 18.2 Å². The van der Waals surface area contributed by atoms with E-state index in [4.69, 9.17) is 4.74 Å². The van der Waals surface area contributed by atoms with Gasteiger partial charge in [-0.3, -0.25) is 9.88 Å². The molecule has 37 heavy (non-hydrogen) atoms. The molecule has 7 heteroatoms. The third-order valence-corrected chi connectivity index (χ3v) is 9.39. The van der Waals surface area contributed by atoms with Gasteiger partial charge in [0.25, 0.3) is 0 Å². The molecule has 0 radical (unpaired) electrons. The first-order valence-electron chi connectivity index (χ1n) is 13.6. The molecular formula is C30H39N3O3S. The van der Waals surface area contributed by atoms with Gasteiger partial charge in [0.1, 0.15) is 17.7 Å². The molecule has 1 atom stereocenters. The number of benzene rings is 2. The fraction of sp³-hybridized carbons (Fsp3) is 0.500. The maximum atomic E-state index is 12.4. The Morgan fingerprint density at radius 3 is 2.59 bits per heavy atom. The van der Waals surface area contributed by atoms with Crippen LogP contribution in [0.4, 0.5) is 5.69 Å². The van der Waals surface area contributed by atoms with Crippen molar-refractivity contribution >= 4 is 26.4 Å². The molecule has 2 saturated heterocycles. The van der Waals surface area contributed by atoms with Gasteiger partial charge in [0.15, 0.2) is 9.84 Å². The summed E-state index contributed by atoms with van der Waals surface area (Å²) in [5.41, 5.74) is 4.37. The Hall–Kier alpha value is -2.64. The summed E-state index contributed by atoms with van der Waals surface area (Å²) in [5.74, 6) is 1.57. The molecule has 0 spiro atoms. The van der Waals surface area contributed by atoms with Crippen molar-refractivity contribution in [2.24, 2.45) is 5.92 Å². The second-order valence-electron chi connectivity index (χ2n) is 10.8. The van der Waals surface area contributed by atoms with E-state index in [1.807, 2.05) is 31.2 Å². The van der Waals surface area contributed by atoms with Crippen LogP contribution < -0.4 is 9.64 Å². The Balaban J connectivity index is 1.12. The number of pyridine rings is 1. The quantitative estimate of drug-likeness (QED) is 0.404. The third-order valence-electron chi connectivity index (χ3n) is 7.91. The predicted molar refractivity (Wildman–Crippen MR) is 151 cm³/mol. The lowest BCUT2D eigenvalue weighted by atomic mass is 9.90. The van der Waals surface area contributed by atoms with Gasteiger partial charge >= 0.3 is 0 Å². The highest BCUT2D eigenvalue weighted by Gasteiger charge is 2.31. The lowest BCUT2D eigenvalue weighted by Crippen LogP contribution is -2.44. The molecule has 0 bridgehead atoms. The number of hydrogen-bond donors (Lipinski definition) is 0. The number of rotatable bonds is 8. The SMILES string of the molecule is Cc1ccc2c(OCCN3CCC(Cc4cccc(N5CCCCC5S(C)(=O)=O)c4)CC3)cccc2n1. The number of fused-ring (bicyclic) bond motifs is 1. The van der Waals surface area contributed by atoms with Crippen LogP contribution in [0.25, 0.3) is 10.9 Å². The summed E-state index contributed by atoms with van der Waals surface area (Å²) in [6, 6.07) is 18.8. The summed E-state index contributed by atoms with van der Waals surface area (Å²) in [5, 5.41) is 0.678. The van der Waals surface area contributed by atoms with Gasteiger partial charge in [-0.05, 0) is 106 Å². The van der Waals surface area contributed by atoms with Gasteiger partial charge in [-0.2, -0.15) is 0 Å². The number of hydrogen-bond acceptors (Lipinski definition) is 6. The van der Waals surface area contributed by atoms with E-state index in [-0.39, 0.29) is 0 Å². The summed E-state index contributed by atoms with van der Waals surface area (Å²) >= 11 is 0. The highest BCUT2D eigenvalue weighted by Crippen LogP contribution is 2.30. The Bertz CT molecular complexity index is 1320. The average molecular weight is 522 g/mol. The minimum absolute atomic E-state index is 0.392. The molecule has 3 heterocycles. The van der Waals surface area contributed by atoms with Crippen LogP contribution in [-0.4, -0.2) is 62.7 Å². The van der Waals surface area contributed by atoms with Crippen LogP contribution in [-0.2, 0) is 16.3 Å². The van der Waals surface area contributed by atoms with E-state index in [9.17, 15) is 8.42 Å². The molecule has 2 aromatic carbocycles. The normalized spacial score (nSPS) is 19.8. The number of nitrogens with zero attached hydrogens (tertiary/aromatic N) is 3. The maximum Gasteiger partial charge on any atom is 0.168 e. The van der Waals surface area contributed by atoms with E-state index >= 15 is 0 Å². The third kappa shape index (κ3) is 6.44. The fourth-order valence-electron chi connectivity index (χ4n) is 5.89. The van der Waals surface area contributed by atoms with Crippen LogP contribution >= 0.6 is 0 Å². The van der Waals surface area contributed by atoms with Crippen LogP contribution in [0.2, 0.25) is 0 Å². The summed E-state index contributed by atoms with van der Waals surface area (Å²) in [4.78, 5) is 9.22. The number of ether oxygens (including phenoxy) is 1. The molecule has 3 aromatic rings. The first kappa shape index (κ1) is 26.0. The molecule has 0 saturated carbocycles. The molecule has 2 aliphatic heterocycles. The molecular weight excluding hydrogens is 482 g/mol. The largest absolute Gasteiger partial charge is 0.492 e. The van der Waals surface area contributed by atoms with E-state index in [2.05, 4.69) is 45.1 Å². The summed E-state index contributed by atoms with van der Waals surface area (Å²) < 4.78 is 30.9. The number of sulfone groups is 1. The van der Waals surface area contributed by atoms with Crippen molar-refractivity contribution in [3.8, 4) is 5.75 Å². The Kier molecular flexibility index (Phi) is 8.01. The Morgan fingerprint density at radius 1 is 0.973 bits per heavy atom. The minimum Gasteiger partial charge on any atom is -0.492 e. The lowest BCUT2D eigenvalue weighted by Gasteiger charge is -2.36. The number of anilines is 1. The van der Waals surface area contributed by atoms with Crippen LogP contribution in [0.1, 0.15) is 43.4 Å². The summed E-state index contributed by atoms with van der Waals surface area (Å²) in [6.07, 6.45) is 7.54. The molecule has 5 rings (SSSR count). The van der Waals surface area contributed by atoms with Crippen LogP contribution in [0.5, 0.6) is 5.75 Å². The number of likely N-dealkylation sites (tertiary alicyclic amines) is 1. The first-order valence-corrected chi connectivity index (χ1v) is 15.6. The molecule has 6 nitrogen and oxygen atoms in total. The van der Waals surface area contributed by atoms with E-state index in [1.54, 1.807) is 0 Å². The van der Waals surface area contributed by atoms with E-state index < -0.39 is 15.2 Å². The minimum atomic E-state index is -3.10. The topological polar surface area (TPSA) is 62.7 Å². The van der Waals surface area contributed by atoms with Crippen molar-refractivity contribution in [1.29, 1.82) is 0 Å². The highest BCUT2D eigenvalue weighted by molar-refractivity contribution is 7.91. The molecule has 0 aliphatic carbocycles. The highest BCUT2D eigenvalue weighted by atomic mass is 32.2. The van der Waals surface area contributed by atoms with E-state index in [0.29, 0.717) is 12.5 Å². The van der Waals surface area contributed by atoms with E-state index in [1.165, 1.54) is 24.7 Å². The van der Waals surface area contributed by atoms with Crippen LogP contribution in [0.3, 0.4) is 0 Å². The number of aromatic nitrogens is 1. The standard InChI is InChI=1S/C30H39N3O3S/c1-23-12-13-27-28(31-23)9-6-10-29(27)36-20-19-32-17-14-24(15-18-32)21-25-7-5-8-26(22-25)33-16-4-3-11-30(33)37(2,34)35/h5-10,12-13,22,24,30H,3-4,11,14-21H2,1-2H3. The Labute approximate surface area is 221 Å². The second kappa shape index (κ2) is 11.4. The Morgan fingerprint density at radius 2 is 1.78 bits per heavy atom. The van der Waals surface area contributed by atoms with Gasteiger partial charge in [0, 0.05) is 36.1 Å². The first-order chi connectivity index (χ1) is 17.9. The number of piperidine rings is 2. The molecule has 0 amide bonds. The zero-order valence-electron chi connectivity index (χ0n) is 22.1. The van der Waals surface area contributed by atoms with Gasteiger partial charge < -0.3 is 9.64 Å². The zero-order chi connectivity index (χ0) is 25.8. The molecule has 1 aromatic heterocycles. The molecule has 198 valence electrons.